The fourth-order valence-corrected chi connectivity index (χ4v) is 3.01. The summed E-state index contributed by atoms with van der Waals surface area (Å²) in [6, 6.07) is 17.1. The van der Waals surface area contributed by atoms with Gasteiger partial charge in [0.1, 0.15) is 11.4 Å². The molecular weight excluding hydrogens is 320 g/mol. The van der Waals surface area contributed by atoms with Gasteiger partial charge in [0, 0.05) is 17.5 Å². The molecule has 0 radical (unpaired) electrons. The van der Waals surface area contributed by atoms with Gasteiger partial charge < -0.3 is 10.1 Å². The summed E-state index contributed by atoms with van der Waals surface area (Å²) >= 11 is 1.72. The number of ether oxygens (including phenoxy) is 1. The number of hydrogen-bond acceptors (Lipinski definition) is 4. The van der Waals surface area contributed by atoms with Gasteiger partial charge in [-0.15, -0.1) is 11.3 Å². The molecular formula is C19H18N2O2S. The number of anilines is 1. The summed E-state index contributed by atoms with van der Waals surface area (Å²) in [4.78, 5) is 17.7. The number of amides is 1. The summed E-state index contributed by atoms with van der Waals surface area (Å²) in [5.41, 5.74) is 0.586. The number of hydrogen-bond donors (Lipinski definition) is 1. The first-order chi connectivity index (χ1) is 11.8. The van der Waals surface area contributed by atoms with Gasteiger partial charge in [-0.25, -0.2) is 4.98 Å². The third-order valence-corrected chi connectivity index (χ3v) is 4.35. The number of nitrogens with one attached hydrogen (secondary N) is 1. The van der Waals surface area contributed by atoms with Crippen LogP contribution in [0.15, 0.2) is 66.2 Å². The van der Waals surface area contributed by atoms with Crippen LogP contribution in [-0.4, -0.2) is 10.9 Å². The van der Waals surface area contributed by atoms with Crippen molar-refractivity contribution in [1.82, 2.24) is 4.98 Å². The third kappa shape index (κ3) is 4.67. The summed E-state index contributed by atoms with van der Waals surface area (Å²) in [5, 5.41) is 4.94. The van der Waals surface area contributed by atoms with Gasteiger partial charge >= 0.3 is 0 Å². The second-order valence-corrected chi connectivity index (χ2v) is 6.28. The lowest BCUT2D eigenvalue weighted by atomic mass is 10.2. The number of benzene rings is 1. The summed E-state index contributed by atoms with van der Waals surface area (Å²) in [6.45, 7) is 0. The number of carbonyl (C=O) groups excluding carboxylic acids is 1. The predicted molar refractivity (Wildman–Crippen MR) is 96.6 cm³/mol. The van der Waals surface area contributed by atoms with Crippen molar-refractivity contribution in [3.05, 3.63) is 71.1 Å². The van der Waals surface area contributed by atoms with Crippen LogP contribution in [-0.2, 0) is 11.2 Å². The van der Waals surface area contributed by atoms with E-state index in [1.165, 1.54) is 4.88 Å². The molecule has 1 amide bonds. The molecule has 0 aliphatic heterocycles. The molecule has 1 aromatic carbocycles. The highest BCUT2D eigenvalue weighted by molar-refractivity contribution is 7.09. The van der Waals surface area contributed by atoms with E-state index in [2.05, 4.69) is 21.7 Å². The zero-order chi connectivity index (χ0) is 16.6. The fraction of sp³-hybridized carbons (Fsp3) is 0.158. The lowest BCUT2D eigenvalue weighted by Gasteiger charge is -2.10. The number of thiophene rings is 1. The van der Waals surface area contributed by atoms with E-state index in [-0.39, 0.29) is 5.91 Å². The summed E-state index contributed by atoms with van der Waals surface area (Å²) in [5.74, 6) is 1.05. The number of para-hydroxylation sites is 1. The van der Waals surface area contributed by atoms with Crippen molar-refractivity contribution in [3.63, 3.8) is 0 Å². The molecule has 0 saturated carbocycles. The molecule has 0 aliphatic rings. The summed E-state index contributed by atoms with van der Waals surface area (Å²) < 4.78 is 5.75. The number of aryl methyl sites for hydroxylation is 1. The van der Waals surface area contributed by atoms with Crippen LogP contribution < -0.4 is 10.1 Å². The molecule has 24 heavy (non-hydrogen) atoms. The molecule has 0 bridgehead atoms. The third-order valence-electron chi connectivity index (χ3n) is 3.41. The van der Waals surface area contributed by atoms with Crippen LogP contribution in [0.25, 0.3) is 0 Å². The molecule has 5 heteroatoms. The minimum atomic E-state index is -0.0301. The summed E-state index contributed by atoms with van der Waals surface area (Å²) in [6.07, 6.45) is 3.86. The van der Waals surface area contributed by atoms with Crippen molar-refractivity contribution in [2.45, 2.75) is 19.3 Å². The van der Waals surface area contributed by atoms with Crippen molar-refractivity contribution in [2.24, 2.45) is 0 Å². The van der Waals surface area contributed by atoms with E-state index >= 15 is 0 Å². The molecule has 0 atom stereocenters. The lowest BCUT2D eigenvalue weighted by molar-refractivity contribution is -0.116. The first kappa shape index (κ1) is 16.2. The number of carbonyl (C=O) groups is 1. The van der Waals surface area contributed by atoms with Gasteiger partial charge in [0.25, 0.3) is 0 Å². The van der Waals surface area contributed by atoms with Crippen molar-refractivity contribution >= 4 is 22.9 Å². The molecule has 0 unspecified atom stereocenters. The van der Waals surface area contributed by atoms with Gasteiger partial charge in [0.2, 0.25) is 11.8 Å². The molecule has 1 N–H and O–H groups in total. The molecule has 122 valence electrons. The van der Waals surface area contributed by atoms with Gasteiger partial charge in [-0.2, -0.15) is 0 Å². The number of nitrogens with zero attached hydrogens (tertiary/aromatic N) is 1. The Morgan fingerprint density at radius 3 is 2.75 bits per heavy atom. The van der Waals surface area contributed by atoms with E-state index in [4.69, 9.17) is 4.74 Å². The normalized spacial score (nSPS) is 10.3. The van der Waals surface area contributed by atoms with E-state index in [0.717, 1.165) is 12.8 Å². The Hall–Kier alpha value is -2.66. The van der Waals surface area contributed by atoms with E-state index in [9.17, 15) is 4.79 Å². The number of rotatable bonds is 7. The van der Waals surface area contributed by atoms with Crippen LogP contribution in [0, 0.1) is 0 Å². The molecule has 2 aromatic heterocycles. The Morgan fingerprint density at radius 2 is 1.96 bits per heavy atom. The van der Waals surface area contributed by atoms with E-state index in [1.807, 2.05) is 36.4 Å². The number of aromatic nitrogens is 1. The van der Waals surface area contributed by atoms with Crippen LogP contribution in [0.3, 0.4) is 0 Å². The number of pyridine rings is 1. The molecule has 0 fully saturated rings. The highest BCUT2D eigenvalue weighted by atomic mass is 32.1. The van der Waals surface area contributed by atoms with E-state index in [0.29, 0.717) is 23.7 Å². The maximum absolute atomic E-state index is 12.2. The topological polar surface area (TPSA) is 51.2 Å². The monoisotopic (exact) mass is 338 g/mol. The van der Waals surface area contributed by atoms with Crippen LogP contribution in [0.2, 0.25) is 0 Å². The maximum Gasteiger partial charge on any atom is 0.243 e. The highest BCUT2D eigenvalue weighted by Crippen LogP contribution is 2.26. The average Bonchev–Trinajstić information content (AvgIpc) is 3.11. The van der Waals surface area contributed by atoms with Crippen LogP contribution in [0.5, 0.6) is 11.6 Å². The standard InChI is InChI=1S/C19H18N2O2S/c22-18(12-4-9-16-10-6-14-24-16)21-17-11-5-13-20-19(17)23-15-7-2-1-3-8-15/h1-3,5-8,10-11,13-14H,4,9,12H2,(H,21,22). The Kier molecular flexibility index (Phi) is 5.58. The molecule has 4 nitrogen and oxygen atoms in total. The van der Waals surface area contributed by atoms with E-state index in [1.54, 1.807) is 29.7 Å². The smallest absolute Gasteiger partial charge is 0.243 e. The minimum Gasteiger partial charge on any atom is -0.437 e. The Bertz CT molecular complexity index is 773. The van der Waals surface area contributed by atoms with Gasteiger partial charge in [0.05, 0.1) is 0 Å². The average molecular weight is 338 g/mol. The molecule has 3 rings (SSSR count). The van der Waals surface area contributed by atoms with Crippen molar-refractivity contribution < 1.29 is 9.53 Å². The van der Waals surface area contributed by atoms with Gasteiger partial charge in [0.15, 0.2) is 0 Å². The zero-order valence-electron chi connectivity index (χ0n) is 13.1. The Labute approximate surface area is 145 Å². The van der Waals surface area contributed by atoms with Crippen molar-refractivity contribution in [2.75, 3.05) is 5.32 Å². The van der Waals surface area contributed by atoms with E-state index < -0.39 is 0 Å². The lowest BCUT2D eigenvalue weighted by Crippen LogP contribution is -2.12. The zero-order valence-corrected chi connectivity index (χ0v) is 14.0. The fourth-order valence-electron chi connectivity index (χ4n) is 2.26. The first-order valence-electron chi connectivity index (χ1n) is 7.81. The Balaban J connectivity index is 1.57. The first-order valence-corrected chi connectivity index (χ1v) is 8.69. The van der Waals surface area contributed by atoms with Crippen LogP contribution in [0.1, 0.15) is 17.7 Å². The van der Waals surface area contributed by atoms with Crippen LogP contribution >= 0.6 is 11.3 Å². The van der Waals surface area contributed by atoms with Gasteiger partial charge in [-0.1, -0.05) is 24.3 Å². The molecule has 0 aliphatic carbocycles. The molecule has 2 heterocycles. The predicted octanol–water partition coefficient (Wildman–Crippen LogP) is 4.90. The molecule has 3 aromatic rings. The largest absolute Gasteiger partial charge is 0.437 e. The maximum atomic E-state index is 12.2. The second-order valence-electron chi connectivity index (χ2n) is 5.25. The Morgan fingerprint density at radius 1 is 1.08 bits per heavy atom. The van der Waals surface area contributed by atoms with Gasteiger partial charge in [-0.05, 0) is 48.6 Å². The molecule has 0 saturated heterocycles. The van der Waals surface area contributed by atoms with Crippen molar-refractivity contribution in [3.8, 4) is 11.6 Å². The minimum absolute atomic E-state index is 0.0301. The van der Waals surface area contributed by atoms with Gasteiger partial charge in [-0.3, -0.25) is 4.79 Å². The SMILES string of the molecule is O=C(CCCc1cccs1)Nc1cccnc1Oc1ccccc1. The quantitative estimate of drug-likeness (QED) is 0.667. The van der Waals surface area contributed by atoms with Crippen molar-refractivity contribution in [1.29, 1.82) is 0 Å². The summed E-state index contributed by atoms with van der Waals surface area (Å²) in [7, 11) is 0. The highest BCUT2D eigenvalue weighted by Gasteiger charge is 2.10. The molecule has 0 spiro atoms. The van der Waals surface area contributed by atoms with Crippen LogP contribution in [0.4, 0.5) is 5.69 Å². The second kappa shape index (κ2) is 8.26.